The highest BCUT2D eigenvalue weighted by atomic mass is 16.1. The summed E-state index contributed by atoms with van der Waals surface area (Å²) in [6.45, 7) is 4.73. The highest BCUT2D eigenvalue weighted by Gasteiger charge is 2.00. The summed E-state index contributed by atoms with van der Waals surface area (Å²) in [5.74, 6) is 0. The second-order valence-corrected chi connectivity index (χ2v) is 3.87. The minimum atomic E-state index is -0.0160. The Morgan fingerprint density at radius 3 is 2.93 bits per heavy atom. The fourth-order valence-electron chi connectivity index (χ4n) is 1.40. The standard InChI is InChI=1S/C11H19N3O/c1-9(12-3)5-4-8-14-11(15)7-6-10(2)13-14/h6-7,9,12H,4-5,8H2,1-3H3. The van der Waals surface area contributed by atoms with Gasteiger partial charge in [0, 0.05) is 18.7 Å². The first-order valence-electron chi connectivity index (χ1n) is 5.35. The summed E-state index contributed by atoms with van der Waals surface area (Å²) in [5, 5.41) is 7.35. The molecule has 4 heteroatoms. The smallest absolute Gasteiger partial charge is 0.266 e. The van der Waals surface area contributed by atoms with Crippen molar-refractivity contribution < 1.29 is 0 Å². The number of nitrogens with zero attached hydrogens (tertiary/aromatic N) is 2. The molecule has 0 amide bonds. The maximum Gasteiger partial charge on any atom is 0.266 e. The van der Waals surface area contributed by atoms with Crippen LogP contribution in [0.15, 0.2) is 16.9 Å². The summed E-state index contributed by atoms with van der Waals surface area (Å²) in [6.07, 6.45) is 2.02. The third-order valence-electron chi connectivity index (χ3n) is 2.50. The molecule has 15 heavy (non-hydrogen) atoms. The van der Waals surface area contributed by atoms with Crippen molar-refractivity contribution in [1.82, 2.24) is 15.1 Å². The highest BCUT2D eigenvalue weighted by molar-refractivity contribution is 4.96. The predicted octanol–water partition coefficient (Wildman–Crippen LogP) is 0.940. The molecule has 0 aromatic carbocycles. The average Bonchev–Trinajstić information content (AvgIpc) is 2.23. The molecule has 0 saturated carbocycles. The minimum Gasteiger partial charge on any atom is -0.317 e. The van der Waals surface area contributed by atoms with E-state index in [9.17, 15) is 4.79 Å². The number of hydrogen-bond donors (Lipinski definition) is 1. The van der Waals surface area contributed by atoms with Crippen molar-refractivity contribution in [3.8, 4) is 0 Å². The molecule has 0 aliphatic heterocycles. The molecule has 0 radical (unpaired) electrons. The molecule has 1 atom stereocenters. The van der Waals surface area contributed by atoms with Crippen molar-refractivity contribution in [2.45, 2.75) is 39.3 Å². The predicted molar refractivity (Wildman–Crippen MR) is 61.0 cm³/mol. The first kappa shape index (κ1) is 11.9. The van der Waals surface area contributed by atoms with Gasteiger partial charge in [0.25, 0.3) is 5.56 Å². The van der Waals surface area contributed by atoms with E-state index in [1.54, 1.807) is 12.1 Å². The third-order valence-corrected chi connectivity index (χ3v) is 2.50. The monoisotopic (exact) mass is 209 g/mol. The van der Waals surface area contributed by atoms with Crippen molar-refractivity contribution in [3.63, 3.8) is 0 Å². The Hall–Kier alpha value is -1.16. The number of aromatic nitrogens is 2. The lowest BCUT2D eigenvalue weighted by Gasteiger charge is -2.10. The first-order valence-corrected chi connectivity index (χ1v) is 5.35. The van der Waals surface area contributed by atoms with Gasteiger partial charge in [0.2, 0.25) is 0 Å². The van der Waals surface area contributed by atoms with Gasteiger partial charge in [-0.2, -0.15) is 5.10 Å². The van der Waals surface area contributed by atoms with Crippen molar-refractivity contribution in [1.29, 1.82) is 0 Å². The molecule has 1 rings (SSSR count). The fourth-order valence-corrected chi connectivity index (χ4v) is 1.40. The lowest BCUT2D eigenvalue weighted by Crippen LogP contribution is -2.25. The molecular formula is C11H19N3O. The number of aryl methyl sites for hydroxylation is 2. The van der Waals surface area contributed by atoms with Crippen LogP contribution in [-0.2, 0) is 6.54 Å². The van der Waals surface area contributed by atoms with Crippen LogP contribution >= 0.6 is 0 Å². The molecular weight excluding hydrogens is 190 g/mol. The zero-order chi connectivity index (χ0) is 11.3. The van der Waals surface area contributed by atoms with Gasteiger partial charge < -0.3 is 5.32 Å². The average molecular weight is 209 g/mol. The molecule has 84 valence electrons. The SMILES string of the molecule is CNC(C)CCCn1nc(C)ccc1=O. The molecule has 1 N–H and O–H groups in total. The molecule has 0 fully saturated rings. The van der Waals surface area contributed by atoms with E-state index >= 15 is 0 Å². The van der Waals surface area contributed by atoms with E-state index in [-0.39, 0.29) is 5.56 Å². The Labute approximate surface area is 90.3 Å². The van der Waals surface area contributed by atoms with Crippen molar-refractivity contribution in [3.05, 3.63) is 28.2 Å². The maximum absolute atomic E-state index is 11.4. The normalized spacial score (nSPS) is 12.7. The van der Waals surface area contributed by atoms with Crippen molar-refractivity contribution in [2.24, 2.45) is 0 Å². The van der Waals surface area contributed by atoms with Crippen LogP contribution in [0.4, 0.5) is 0 Å². The van der Waals surface area contributed by atoms with Crippen LogP contribution in [0, 0.1) is 6.92 Å². The number of hydrogen-bond acceptors (Lipinski definition) is 3. The van der Waals surface area contributed by atoms with Gasteiger partial charge in [-0.15, -0.1) is 0 Å². The molecule has 0 spiro atoms. The lowest BCUT2D eigenvalue weighted by molar-refractivity contribution is 0.474. The van der Waals surface area contributed by atoms with Crippen LogP contribution in [-0.4, -0.2) is 22.9 Å². The van der Waals surface area contributed by atoms with Gasteiger partial charge in [-0.05, 0) is 39.8 Å². The highest BCUT2D eigenvalue weighted by Crippen LogP contribution is 1.97. The zero-order valence-electron chi connectivity index (χ0n) is 9.66. The topological polar surface area (TPSA) is 46.9 Å². The Balaban J connectivity index is 2.50. The van der Waals surface area contributed by atoms with Gasteiger partial charge in [-0.25, -0.2) is 4.68 Å². The Morgan fingerprint density at radius 1 is 1.53 bits per heavy atom. The second-order valence-electron chi connectivity index (χ2n) is 3.87. The minimum absolute atomic E-state index is 0.0160. The Morgan fingerprint density at radius 2 is 2.27 bits per heavy atom. The summed E-state index contributed by atoms with van der Waals surface area (Å²) in [7, 11) is 1.95. The van der Waals surface area contributed by atoms with Gasteiger partial charge in [0.05, 0.1) is 5.69 Å². The van der Waals surface area contributed by atoms with Crippen LogP contribution in [0.25, 0.3) is 0 Å². The molecule has 0 aliphatic carbocycles. The van der Waals surface area contributed by atoms with Crippen LogP contribution in [0.5, 0.6) is 0 Å². The van der Waals surface area contributed by atoms with Crippen LogP contribution < -0.4 is 10.9 Å². The molecule has 0 bridgehead atoms. The van der Waals surface area contributed by atoms with Gasteiger partial charge in [-0.3, -0.25) is 4.79 Å². The van der Waals surface area contributed by atoms with Gasteiger partial charge >= 0.3 is 0 Å². The quantitative estimate of drug-likeness (QED) is 0.785. The largest absolute Gasteiger partial charge is 0.317 e. The molecule has 1 aromatic rings. The number of rotatable bonds is 5. The van der Waals surface area contributed by atoms with E-state index in [1.807, 2.05) is 14.0 Å². The lowest BCUT2D eigenvalue weighted by atomic mass is 10.2. The van der Waals surface area contributed by atoms with E-state index in [0.717, 1.165) is 18.5 Å². The summed E-state index contributed by atoms with van der Waals surface area (Å²) in [5.41, 5.74) is 0.869. The van der Waals surface area contributed by atoms with E-state index < -0.39 is 0 Å². The third kappa shape index (κ3) is 3.83. The fraction of sp³-hybridized carbons (Fsp3) is 0.636. The van der Waals surface area contributed by atoms with E-state index in [1.165, 1.54) is 4.68 Å². The van der Waals surface area contributed by atoms with Crippen molar-refractivity contribution >= 4 is 0 Å². The molecule has 1 heterocycles. The molecule has 4 nitrogen and oxygen atoms in total. The summed E-state index contributed by atoms with van der Waals surface area (Å²) in [4.78, 5) is 11.4. The van der Waals surface area contributed by atoms with Crippen LogP contribution in [0.2, 0.25) is 0 Å². The Bertz CT molecular complexity index is 359. The molecule has 1 aromatic heterocycles. The van der Waals surface area contributed by atoms with Crippen molar-refractivity contribution in [2.75, 3.05) is 7.05 Å². The van der Waals surface area contributed by atoms with Gasteiger partial charge in [-0.1, -0.05) is 0 Å². The van der Waals surface area contributed by atoms with Gasteiger partial charge in [0.15, 0.2) is 0 Å². The summed E-state index contributed by atoms with van der Waals surface area (Å²) in [6, 6.07) is 3.81. The van der Waals surface area contributed by atoms with E-state index in [0.29, 0.717) is 12.6 Å². The van der Waals surface area contributed by atoms with Gasteiger partial charge in [0.1, 0.15) is 0 Å². The first-order chi connectivity index (χ1) is 7.13. The summed E-state index contributed by atoms with van der Waals surface area (Å²) < 4.78 is 1.54. The van der Waals surface area contributed by atoms with Crippen LogP contribution in [0.1, 0.15) is 25.5 Å². The number of nitrogens with one attached hydrogen (secondary N) is 1. The Kier molecular flexibility index (Phi) is 4.49. The second kappa shape index (κ2) is 5.66. The molecule has 1 unspecified atom stereocenters. The maximum atomic E-state index is 11.4. The molecule has 0 aliphatic rings. The van der Waals surface area contributed by atoms with Crippen LogP contribution in [0.3, 0.4) is 0 Å². The molecule has 0 saturated heterocycles. The zero-order valence-corrected chi connectivity index (χ0v) is 9.66. The van der Waals surface area contributed by atoms with E-state index in [2.05, 4.69) is 17.3 Å². The summed E-state index contributed by atoms with van der Waals surface area (Å²) >= 11 is 0. The van der Waals surface area contributed by atoms with E-state index in [4.69, 9.17) is 0 Å².